The summed E-state index contributed by atoms with van der Waals surface area (Å²) in [5, 5.41) is 4.31. The Balaban J connectivity index is 2.00. The molecular formula is C13H21N3O2S. The number of hydrogen-bond donors (Lipinski definition) is 1. The van der Waals surface area contributed by atoms with E-state index < -0.39 is 5.54 Å². The lowest BCUT2D eigenvalue weighted by molar-refractivity contribution is -0.149. The van der Waals surface area contributed by atoms with Gasteiger partial charge in [-0.1, -0.05) is 11.8 Å². The molecule has 0 aliphatic heterocycles. The Bertz CT molecular complexity index is 445. The number of nitrogens with one attached hydrogen (secondary N) is 1. The molecule has 0 amide bonds. The van der Waals surface area contributed by atoms with Crippen LogP contribution in [0.2, 0.25) is 0 Å². The largest absolute Gasteiger partial charge is 0.465 e. The lowest BCUT2D eigenvalue weighted by Crippen LogP contribution is -2.53. The number of aromatic nitrogens is 2. The summed E-state index contributed by atoms with van der Waals surface area (Å²) in [5.74, 6) is 0.441. The second-order valence-electron chi connectivity index (χ2n) is 5.08. The standard InChI is InChI=1S/C13H21N3O2S/c1-4-18-11(17)13(2,15-10-5-6-10)9-19-12-14-7-8-16(12)3/h7-8,10,15H,4-6,9H2,1-3H3. The van der Waals surface area contributed by atoms with Crippen LogP contribution in [0, 0.1) is 0 Å². The van der Waals surface area contributed by atoms with E-state index in [0.717, 1.165) is 18.0 Å². The normalized spacial score (nSPS) is 18.1. The average molecular weight is 283 g/mol. The van der Waals surface area contributed by atoms with Crippen LogP contribution in [0.1, 0.15) is 26.7 Å². The van der Waals surface area contributed by atoms with E-state index in [0.29, 0.717) is 18.4 Å². The van der Waals surface area contributed by atoms with Gasteiger partial charge in [0.05, 0.1) is 6.61 Å². The van der Waals surface area contributed by atoms with Crippen LogP contribution in [0.5, 0.6) is 0 Å². The van der Waals surface area contributed by atoms with E-state index in [-0.39, 0.29) is 5.97 Å². The van der Waals surface area contributed by atoms with E-state index in [4.69, 9.17) is 4.74 Å². The molecule has 1 saturated carbocycles. The first-order valence-electron chi connectivity index (χ1n) is 6.60. The lowest BCUT2D eigenvalue weighted by atomic mass is 10.1. The van der Waals surface area contributed by atoms with Crippen LogP contribution >= 0.6 is 11.8 Å². The van der Waals surface area contributed by atoms with Gasteiger partial charge in [0, 0.05) is 31.2 Å². The fourth-order valence-electron chi connectivity index (χ4n) is 1.83. The van der Waals surface area contributed by atoms with E-state index in [1.54, 1.807) is 18.0 Å². The fourth-order valence-corrected chi connectivity index (χ4v) is 2.85. The Morgan fingerprint density at radius 1 is 1.68 bits per heavy atom. The van der Waals surface area contributed by atoms with Gasteiger partial charge in [-0.05, 0) is 26.7 Å². The molecule has 1 fully saturated rings. The Labute approximate surface area is 118 Å². The van der Waals surface area contributed by atoms with Crippen molar-refractivity contribution >= 4 is 17.7 Å². The van der Waals surface area contributed by atoms with Crippen molar-refractivity contribution < 1.29 is 9.53 Å². The minimum atomic E-state index is -0.645. The van der Waals surface area contributed by atoms with Gasteiger partial charge in [-0.15, -0.1) is 0 Å². The van der Waals surface area contributed by atoms with Gasteiger partial charge >= 0.3 is 5.97 Å². The quantitative estimate of drug-likeness (QED) is 0.608. The summed E-state index contributed by atoms with van der Waals surface area (Å²) in [7, 11) is 1.95. The number of aryl methyl sites for hydroxylation is 1. The number of carbonyl (C=O) groups excluding carboxylic acids is 1. The molecule has 1 aliphatic carbocycles. The van der Waals surface area contributed by atoms with Gasteiger partial charge in [-0.3, -0.25) is 10.1 Å². The number of ether oxygens (including phenoxy) is 1. The highest BCUT2D eigenvalue weighted by Crippen LogP contribution is 2.27. The van der Waals surface area contributed by atoms with Crippen LogP contribution in [-0.4, -0.2) is 39.5 Å². The third-order valence-corrected chi connectivity index (χ3v) is 4.47. The molecule has 0 spiro atoms. The van der Waals surface area contributed by atoms with Crippen LogP contribution in [0.15, 0.2) is 17.6 Å². The monoisotopic (exact) mass is 283 g/mol. The molecule has 5 nitrogen and oxygen atoms in total. The van der Waals surface area contributed by atoms with Gasteiger partial charge in [0.1, 0.15) is 5.54 Å². The molecule has 1 aliphatic rings. The van der Waals surface area contributed by atoms with E-state index >= 15 is 0 Å². The second kappa shape index (κ2) is 5.96. The van der Waals surface area contributed by atoms with Gasteiger partial charge in [-0.25, -0.2) is 4.98 Å². The zero-order valence-corrected chi connectivity index (χ0v) is 12.5. The first-order valence-corrected chi connectivity index (χ1v) is 7.59. The molecule has 1 atom stereocenters. The maximum absolute atomic E-state index is 12.1. The topological polar surface area (TPSA) is 56.1 Å². The summed E-state index contributed by atoms with van der Waals surface area (Å²) in [6.45, 7) is 4.16. The van der Waals surface area contributed by atoms with E-state index in [2.05, 4.69) is 10.3 Å². The number of rotatable bonds is 7. The molecule has 0 radical (unpaired) electrons. The molecule has 0 saturated heterocycles. The first kappa shape index (κ1) is 14.4. The summed E-state index contributed by atoms with van der Waals surface area (Å²) in [4.78, 5) is 16.4. The highest BCUT2D eigenvalue weighted by atomic mass is 32.2. The van der Waals surface area contributed by atoms with E-state index in [1.165, 1.54) is 0 Å². The zero-order chi connectivity index (χ0) is 13.9. The molecule has 0 bridgehead atoms. The molecule has 106 valence electrons. The predicted octanol–water partition coefficient (Wildman–Crippen LogP) is 1.59. The van der Waals surface area contributed by atoms with Crippen LogP contribution in [0.3, 0.4) is 0 Å². The molecule has 1 N–H and O–H groups in total. The van der Waals surface area contributed by atoms with Crippen molar-refractivity contribution in [2.45, 2.75) is 43.4 Å². The number of imidazole rings is 1. The third-order valence-electron chi connectivity index (χ3n) is 3.09. The summed E-state index contributed by atoms with van der Waals surface area (Å²) < 4.78 is 7.15. The van der Waals surface area contributed by atoms with Crippen LogP contribution in [-0.2, 0) is 16.6 Å². The smallest absolute Gasteiger partial charge is 0.326 e. The van der Waals surface area contributed by atoms with Gasteiger partial charge < -0.3 is 9.30 Å². The molecule has 1 aromatic rings. The molecule has 1 aromatic heterocycles. The Kier molecular flexibility index (Phi) is 4.52. The average Bonchev–Trinajstić information content (AvgIpc) is 3.08. The van der Waals surface area contributed by atoms with Crippen molar-refractivity contribution in [3.63, 3.8) is 0 Å². The van der Waals surface area contributed by atoms with E-state index in [9.17, 15) is 4.79 Å². The molecule has 0 aromatic carbocycles. The van der Waals surface area contributed by atoms with Gasteiger partial charge in [0.15, 0.2) is 5.16 Å². The van der Waals surface area contributed by atoms with Crippen molar-refractivity contribution in [2.24, 2.45) is 7.05 Å². The summed E-state index contributed by atoms with van der Waals surface area (Å²) in [5.41, 5.74) is -0.645. The molecule has 1 unspecified atom stereocenters. The Morgan fingerprint density at radius 2 is 2.42 bits per heavy atom. The summed E-state index contributed by atoms with van der Waals surface area (Å²) in [6.07, 6.45) is 5.95. The maximum atomic E-state index is 12.1. The third kappa shape index (κ3) is 3.73. The molecule has 1 heterocycles. The van der Waals surface area contributed by atoms with Crippen LogP contribution < -0.4 is 5.32 Å². The minimum absolute atomic E-state index is 0.177. The first-order chi connectivity index (χ1) is 9.05. The predicted molar refractivity (Wildman–Crippen MR) is 75.1 cm³/mol. The molecule has 19 heavy (non-hydrogen) atoms. The number of nitrogens with zero attached hydrogens (tertiary/aromatic N) is 2. The Morgan fingerprint density at radius 3 is 2.95 bits per heavy atom. The van der Waals surface area contributed by atoms with Crippen molar-refractivity contribution in [3.05, 3.63) is 12.4 Å². The SMILES string of the molecule is CCOC(=O)C(C)(CSc1nccn1C)NC1CC1. The summed E-state index contributed by atoms with van der Waals surface area (Å²) >= 11 is 1.57. The number of hydrogen-bond acceptors (Lipinski definition) is 5. The lowest BCUT2D eigenvalue weighted by Gasteiger charge is -2.28. The maximum Gasteiger partial charge on any atom is 0.326 e. The van der Waals surface area contributed by atoms with Crippen molar-refractivity contribution in [2.75, 3.05) is 12.4 Å². The minimum Gasteiger partial charge on any atom is -0.465 e. The number of carbonyl (C=O) groups is 1. The van der Waals surface area contributed by atoms with E-state index in [1.807, 2.05) is 31.7 Å². The van der Waals surface area contributed by atoms with Gasteiger partial charge in [0.2, 0.25) is 0 Å². The van der Waals surface area contributed by atoms with Crippen LogP contribution in [0.25, 0.3) is 0 Å². The van der Waals surface area contributed by atoms with Crippen molar-refractivity contribution in [1.82, 2.24) is 14.9 Å². The molecule has 6 heteroatoms. The van der Waals surface area contributed by atoms with Gasteiger partial charge in [-0.2, -0.15) is 0 Å². The van der Waals surface area contributed by atoms with Crippen molar-refractivity contribution in [3.8, 4) is 0 Å². The van der Waals surface area contributed by atoms with Crippen molar-refractivity contribution in [1.29, 1.82) is 0 Å². The van der Waals surface area contributed by atoms with Crippen LogP contribution in [0.4, 0.5) is 0 Å². The fraction of sp³-hybridized carbons (Fsp3) is 0.692. The highest BCUT2D eigenvalue weighted by molar-refractivity contribution is 7.99. The summed E-state index contributed by atoms with van der Waals surface area (Å²) in [6, 6.07) is 0.455. The second-order valence-corrected chi connectivity index (χ2v) is 6.02. The highest BCUT2D eigenvalue weighted by Gasteiger charge is 2.39. The molecular weight excluding hydrogens is 262 g/mol. The Hall–Kier alpha value is -1.01. The number of esters is 1. The zero-order valence-electron chi connectivity index (χ0n) is 11.7. The number of thioether (sulfide) groups is 1. The molecule has 2 rings (SSSR count). The van der Waals surface area contributed by atoms with Gasteiger partial charge in [0.25, 0.3) is 0 Å².